The van der Waals surface area contributed by atoms with E-state index in [1.54, 1.807) is 17.0 Å². The Morgan fingerprint density at radius 3 is 2.46 bits per heavy atom. The minimum Gasteiger partial charge on any atom is -0.375 e. The average Bonchev–Trinajstić information content (AvgIpc) is 2.86. The Morgan fingerprint density at radius 2 is 1.83 bits per heavy atom. The van der Waals surface area contributed by atoms with E-state index in [9.17, 15) is 4.79 Å². The van der Waals surface area contributed by atoms with Gasteiger partial charge >= 0.3 is 0 Å². The van der Waals surface area contributed by atoms with Crippen LogP contribution in [0.15, 0.2) is 63.5 Å². The number of halogens is 1. The van der Waals surface area contributed by atoms with Crippen LogP contribution in [0.5, 0.6) is 0 Å². The fraction of sp³-hybridized carbons (Fsp3) is 0.385. The smallest absolute Gasteiger partial charge is 0.267 e. The SMILES string of the molecule is CC.CCn1c(=O)/c(=C(/NCc2ccc(Cl)cc2)Sc2ccncc2)c(=N)n2c1=NCC(C)(C)C2. The lowest BCUT2D eigenvalue weighted by molar-refractivity contribution is 0.265. The molecule has 0 radical (unpaired) electrons. The van der Waals surface area contributed by atoms with Gasteiger partial charge in [-0.3, -0.25) is 29.3 Å². The molecule has 186 valence electrons. The monoisotopic (exact) mass is 512 g/mol. The van der Waals surface area contributed by atoms with E-state index in [2.05, 4.69) is 29.1 Å². The lowest BCUT2D eigenvalue weighted by Gasteiger charge is -2.29. The van der Waals surface area contributed by atoms with Crippen LogP contribution in [0.2, 0.25) is 5.02 Å². The summed E-state index contributed by atoms with van der Waals surface area (Å²) >= 11 is 7.45. The van der Waals surface area contributed by atoms with Crippen molar-refractivity contribution in [3.8, 4) is 0 Å². The first-order valence-corrected chi connectivity index (χ1v) is 13.0. The molecule has 0 aliphatic carbocycles. The zero-order chi connectivity index (χ0) is 25.6. The number of nitrogens with zero attached hydrogens (tertiary/aromatic N) is 4. The fourth-order valence-electron chi connectivity index (χ4n) is 3.76. The van der Waals surface area contributed by atoms with Crippen molar-refractivity contribution in [3.63, 3.8) is 0 Å². The first-order chi connectivity index (χ1) is 16.8. The van der Waals surface area contributed by atoms with Crippen LogP contribution < -0.4 is 27.2 Å². The molecule has 3 aromatic rings. The van der Waals surface area contributed by atoms with Gasteiger partial charge in [0.15, 0.2) is 0 Å². The van der Waals surface area contributed by atoms with Crippen molar-refractivity contribution in [1.82, 2.24) is 19.4 Å². The van der Waals surface area contributed by atoms with Crippen molar-refractivity contribution in [2.75, 3.05) is 6.54 Å². The molecule has 0 saturated heterocycles. The third kappa shape index (κ3) is 6.24. The average molecular weight is 513 g/mol. The molecule has 1 aliphatic heterocycles. The van der Waals surface area contributed by atoms with Crippen LogP contribution in [0.25, 0.3) is 5.03 Å². The van der Waals surface area contributed by atoms with Crippen molar-refractivity contribution >= 4 is 28.4 Å². The molecular weight excluding hydrogens is 480 g/mol. The molecular formula is C26H33ClN6OS. The van der Waals surface area contributed by atoms with E-state index in [0.717, 1.165) is 10.5 Å². The molecule has 7 nitrogen and oxygen atoms in total. The molecule has 2 N–H and O–H groups in total. The van der Waals surface area contributed by atoms with Gasteiger partial charge in [0.1, 0.15) is 10.7 Å². The Kier molecular flexibility index (Phi) is 8.97. The molecule has 1 aromatic carbocycles. The summed E-state index contributed by atoms with van der Waals surface area (Å²) in [5.41, 5.74) is 1.47. The number of hydrogen-bond acceptors (Lipinski definition) is 6. The number of fused-ring (bicyclic) bond motifs is 1. The molecule has 0 amide bonds. The number of rotatable bonds is 6. The molecule has 35 heavy (non-hydrogen) atoms. The first kappa shape index (κ1) is 26.8. The van der Waals surface area contributed by atoms with Gasteiger partial charge in [-0.15, -0.1) is 0 Å². The second-order valence-corrected chi connectivity index (χ2v) is 10.3. The molecule has 0 saturated carbocycles. The largest absolute Gasteiger partial charge is 0.375 e. The Labute approximate surface area is 215 Å². The van der Waals surface area contributed by atoms with Gasteiger partial charge in [-0.05, 0) is 36.8 Å². The van der Waals surface area contributed by atoms with Crippen LogP contribution in [0, 0.1) is 10.8 Å². The van der Waals surface area contributed by atoms with Gasteiger partial charge in [0, 0.05) is 53.9 Å². The van der Waals surface area contributed by atoms with Crippen molar-refractivity contribution in [3.05, 3.63) is 86.1 Å². The Bertz CT molecular complexity index is 1400. The molecule has 0 atom stereocenters. The van der Waals surface area contributed by atoms with Gasteiger partial charge in [0.05, 0.1) is 5.03 Å². The third-order valence-electron chi connectivity index (χ3n) is 5.46. The number of hydrogen-bond donors (Lipinski definition) is 2. The first-order valence-electron chi connectivity index (χ1n) is 11.8. The van der Waals surface area contributed by atoms with Crippen LogP contribution in [0.1, 0.15) is 40.2 Å². The number of aromatic nitrogens is 3. The lowest BCUT2D eigenvalue weighted by atomic mass is 9.93. The van der Waals surface area contributed by atoms with E-state index in [-0.39, 0.29) is 16.5 Å². The maximum Gasteiger partial charge on any atom is 0.267 e. The molecule has 0 bridgehead atoms. The van der Waals surface area contributed by atoms with E-state index < -0.39 is 0 Å². The van der Waals surface area contributed by atoms with E-state index in [1.807, 2.05) is 61.7 Å². The van der Waals surface area contributed by atoms with Crippen LogP contribution in [0.3, 0.4) is 0 Å². The van der Waals surface area contributed by atoms with Gasteiger partial charge in [0.2, 0.25) is 5.62 Å². The van der Waals surface area contributed by atoms with Crippen LogP contribution >= 0.6 is 23.4 Å². The van der Waals surface area contributed by atoms with E-state index in [0.29, 0.717) is 47.1 Å². The number of pyridine rings is 1. The summed E-state index contributed by atoms with van der Waals surface area (Å²) in [7, 11) is 0. The topological polar surface area (TPSA) is 88.1 Å². The van der Waals surface area contributed by atoms with E-state index in [4.69, 9.17) is 17.0 Å². The van der Waals surface area contributed by atoms with Gasteiger partial charge < -0.3 is 5.32 Å². The zero-order valence-electron chi connectivity index (χ0n) is 20.9. The van der Waals surface area contributed by atoms with Crippen LogP contribution in [-0.2, 0) is 19.6 Å². The number of thioether (sulfide) groups is 1. The third-order valence-corrected chi connectivity index (χ3v) is 6.77. The highest BCUT2D eigenvalue weighted by molar-refractivity contribution is 8.07. The fourth-order valence-corrected chi connectivity index (χ4v) is 4.81. The molecule has 1 aliphatic rings. The normalized spacial score (nSPS) is 14.7. The summed E-state index contributed by atoms with van der Waals surface area (Å²) in [6.07, 6.45) is 3.43. The summed E-state index contributed by atoms with van der Waals surface area (Å²) in [5, 5.41) is 14.1. The molecule has 2 aromatic heterocycles. The number of nitrogens with one attached hydrogen (secondary N) is 2. The predicted octanol–water partition coefficient (Wildman–Crippen LogP) is 3.53. The predicted molar refractivity (Wildman–Crippen MR) is 143 cm³/mol. The summed E-state index contributed by atoms with van der Waals surface area (Å²) in [6, 6.07) is 11.3. The second-order valence-electron chi connectivity index (χ2n) is 8.73. The van der Waals surface area contributed by atoms with Crippen molar-refractivity contribution in [1.29, 1.82) is 5.41 Å². The number of benzene rings is 1. The summed E-state index contributed by atoms with van der Waals surface area (Å²) in [6.45, 7) is 12.4. The Hall–Kier alpha value is -2.84. The zero-order valence-corrected chi connectivity index (χ0v) is 22.5. The van der Waals surface area contributed by atoms with Crippen molar-refractivity contribution < 1.29 is 0 Å². The highest BCUT2D eigenvalue weighted by atomic mass is 35.5. The van der Waals surface area contributed by atoms with Gasteiger partial charge in [0.25, 0.3) is 5.56 Å². The molecule has 3 heterocycles. The van der Waals surface area contributed by atoms with E-state index >= 15 is 0 Å². The summed E-state index contributed by atoms with van der Waals surface area (Å²) in [5.74, 6) is 0. The highest BCUT2D eigenvalue weighted by Gasteiger charge is 2.25. The van der Waals surface area contributed by atoms with Gasteiger partial charge in [-0.1, -0.05) is 63.2 Å². The quantitative estimate of drug-likeness (QED) is 0.494. The molecule has 0 fully saturated rings. The van der Waals surface area contributed by atoms with Crippen LogP contribution in [-0.4, -0.2) is 20.7 Å². The minimum absolute atomic E-state index is 0.0875. The Morgan fingerprint density at radius 1 is 1.17 bits per heavy atom. The maximum absolute atomic E-state index is 13.6. The molecule has 4 rings (SSSR count). The van der Waals surface area contributed by atoms with Gasteiger partial charge in [-0.2, -0.15) is 0 Å². The van der Waals surface area contributed by atoms with Crippen LogP contribution in [0.4, 0.5) is 0 Å². The summed E-state index contributed by atoms with van der Waals surface area (Å²) in [4.78, 5) is 23.3. The van der Waals surface area contributed by atoms with Gasteiger partial charge in [-0.25, -0.2) is 0 Å². The van der Waals surface area contributed by atoms with Crippen molar-refractivity contribution in [2.45, 2.75) is 59.1 Å². The second kappa shape index (κ2) is 11.7. The minimum atomic E-state index is -0.211. The standard InChI is InChI=1S/C24H27ClN6OS.C2H6/c1-4-30-22(32)19(20(26)31-15-24(2,3)14-29-23(30)31)21(33-18-9-11-27-12-10-18)28-13-16-5-7-17(25)8-6-16;1-2/h5-12,26,28H,4,13-15H2,1-3H3;1-2H3/b21-19-,26-20?;. The maximum atomic E-state index is 13.6. The molecule has 0 spiro atoms. The van der Waals surface area contributed by atoms with Crippen molar-refractivity contribution in [2.24, 2.45) is 10.4 Å². The Balaban J connectivity index is 0.00000167. The highest BCUT2D eigenvalue weighted by Crippen LogP contribution is 2.24. The molecule has 9 heteroatoms. The summed E-state index contributed by atoms with van der Waals surface area (Å²) < 4.78 is 3.53. The van der Waals surface area contributed by atoms with E-state index in [1.165, 1.54) is 11.8 Å². The molecule has 0 unspecified atom stereocenters. The lowest BCUT2D eigenvalue weighted by Crippen LogP contribution is -2.62.